The molecule has 0 aromatic heterocycles. The fourth-order valence-electron chi connectivity index (χ4n) is 4.92. The summed E-state index contributed by atoms with van der Waals surface area (Å²) in [5.41, 5.74) is 1.79. The van der Waals surface area contributed by atoms with Crippen LogP contribution in [0.25, 0.3) is 0 Å². The van der Waals surface area contributed by atoms with Gasteiger partial charge in [0.25, 0.3) is 11.8 Å². The Morgan fingerprint density at radius 1 is 0.605 bits per heavy atom. The van der Waals surface area contributed by atoms with Crippen LogP contribution in [0.1, 0.15) is 36.8 Å². The van der Waals surface area contributed by atoms with E-state index in [2.05, 4.69) is 10.6 Å². The molecule has 2 N–H and O–H groups in total. The van der Waals surface area contributed by atoms with E-state index >= 15 is 0 Å². The lowest BCUT2D eigenvalue weighted by Crippen LogP contribution is -2.25. The molecule has 2 aliphatic heterocycles. The van der Waals surface area contributed by atoms with Gasteiger partial charge < -0.3 is 18.9 Å². The number of benzene rings is 2. The predicted octanol–water partition coefficient (Wildman–Crippen LogP) is 3.31. The van der Waals surface area contributed by atoms with Crippen LogP contribution in [0.15, 0.2) is 48.5 Å². The minimum absolute atomic E-state index is 0.338. The third-order valence-corrected chi connectivity index (χ3v) is 7.16. The molecule has 4 amide bonds. The molecule has 200 valence electrons. The number of hydrogen-bond donors (Lipinski definition) is 2. The number of rotatable bonds is 10. The van der Waals surface area contributed by atoms with Crippen molar-refractivity contribution in [3.05, 3.63) is 59.7 Å². The van der Waals surface area contributed by atoms with E-state index in [-0.39, 0.29) is 0 Å². The molecule has 10 nitrogen and oxygen atoms in total. The summed E-state index contributed by atoms with van der Waals surface area (Å²) in [6.45, 7) is 1.32. The van der Waals surface area contributed by atoms with Crippen LogP contribution in [0.2, 0.25) is 0 Å². The second kappa shape index (κ2) is 11.5. The third-order valence-electron chi connectivity index (χ3n) is 7.16. The van der Waals surface area contributed by atoms with E-state index in [1.807, 2.05) is 48.5 Å². The van der Waals surface area contributed by atoms with E-state index in [1.54, 1.807) is 0 Å². The highest BCUT2D eigenvalue weighted by Crippen LogP contribution is 2.30. The number of ether oxygens (including phenoxy) is 4. The SMILES string of the molecule is O=C1NC(=O)C(Cc2ccc(OC[C@H]3CC[C@H](COc4ccc(CC5OC(=O)NC5=O)cc4)CC3)cc2)O1. The first kappa shape index (κ1) is 25.6. The molecule has 1 aliphatic carbocycles. The summed E-state index contributed by atoms with van der Waals surface area (Å²) in [7, 11) is 0. The maximum atomic E-state index is 11.6. The Bertz CT molecular complexity index is 1080. The highest BCUT2D eigenvalue weighted by Gasteiger charge is 2.33. The Morgan fingerprint density at radius 3 is 1.29 bits per heavy atom. The van der Waals surface area contributed by atoms with E-state index < -0.39 is 36.2 Å². The quantitative estimate of drug-likeness (QED) is 0.486. The Kier molecular flexibility index (Phi) is 7.76. The molecular formula is C28H30N2O8. The van der Waals surface area contributed by atoms with Crippen molar-refractivity contribution >= 4 is 24.0 Å². The normalized spacial score (nSPS) is 24.8. The van der Waals surface area contributed by atoms with E-state index in [0.29, 0.717) is 37.9 Å². The topological polar surface area (TPSA) is 129 Å². The number of nitrogens with one attached hydrogen (secondary N) is 2. The van der Waals surface area contributed by atoms with E-state index in [9.17, 15) is 19.2 Å². The largest absolute Gasteiger partial charge is 0.493 e. The van der Waals surface area contributed by atoms with Crippen molar-refractivity contribution in [2.24, 2.45) is 11.8 Å². The first-order valence-electron chi connectivity index (χ1n) is 12.9. The zero-order valence-electron chi connectivity index (χ0n) is 20.9. The number of carbonyl (C=O) groups is 4. The number of alkyl carbamates (subject to hydrolysis) is 2. The van der Waals surface area contributed by atoms with Gasteiger partial charge in [0.15, 0.2) is 12.2 Å². The zero-order chi connectivity index (χ0) is 26.5. The fraction of sp³-hybridized carbons (Fsp3) is 0.429. The Hall–Kier alpha value is -4.08. The Balaban J connectivity index is 0.984. The number of carbonyl (C=O) groups excluding carboxylic acids is 4. The van der Waals surface area contributed by atoms with Gasteiger partial charge in [-0.2, -0.15) is 0 Å². The average molecular weight is 523 g/mol. The molecular weight excluding hydrogens is 492 g/mol. The van der Waals surface area contributed by atoms with Crippen LogP contribution in [0, 0.1) is 11.8 Å². The molecule has 0 radical (unpaired) electrons. The van der Waals surface area contributed by atoms with Crippen molar-refractivity contribution in [1.82, 2.24) is 10.6 Å². The van der Waals surface area contributed by atoms with Gasteiger partial charge in [-0.15, -0.1) is 0 Å². The highest BCUT2D eigenvalue weighted by molar-refractivity contribution is 6.00. The Labute approximate surface area is 220 Å². The summed E-state index contributed by atoms with van der Waals surface area (Å²) >= 11 is 0. The van der Waals surface area contributed by atoms with Crippen molar-refractivity contribution in [3.8, 4) is 11.5 Å². The van der Waals surface area contributed by atoms with Gasteiger partial charge in [-0.3, -0.25) is 20.2 Å². The molecule has 38 heavy (non-hydrogen) atoms. The molecule has 5 rings (SSSR count). The van der Waals surface area contributed by atoms with Crippen LogP contribution in [0.5, 0.6) is 11.5 Å². The summed E-state index contributed by atoms with van der Waals surface area (Å²) in [6.07, 6.45) is 2.05. The molecule has 3 fully saturated rings. The summed E-state index contributed by atoms with van der Waals surface area (Å²) < 4.78 is 21.9. The number of cyclic esters (lactones) is 2. The monoisotopic (exact) mass is 522 g/mol. The predicted molar refractivity (Wildman–Crippen MR) is 134 cm³/mol. The van der Waals surface area contributed by atoms with Crippen LogP contribution in [0.4, 0.5) is 9.59 Å². The summed E-state index contributed by atoms with van der Waals surface area (Å²) in [6, 6.07) is 15.1. The van der Waals surface area contributed by atoms with E-state index in [4.69, 9.17) is 18.9 Å². The van der Waals surface area contributed by atoms with Gasteiger partial charge in [-0.25, -0.2) is 9.59 Å². The van der Waals surface area contributed by atoms with E-state index in [0.717, 1.165) is 48.3 Å². The minimum Gasteiger partial charge on any atom is -0.493 e. The van der Waals surface area contributed by atoms with Crippen molar-refractivity contribution in [2.75, 3.05) is 13.2 Å². The van der Waals surface area contributed by atoms with Crippen molar-refractivity contribution in [2.45, 2.75) is 50.7 Å². The zero-order valence-corrected chi connectivity index (χ0v) is 20.9. The van der Waals surface area contributed by atoms with Crippen LogP contribution >= 0.6 is 0 Å². The molecule has 1 saturated carbocycles. The maximum Gasteiger partial charge on any atom is 0.414 e. The van der Waals surface area contributed by atoms with Crippen LogP contribution in [0.3, 0.4) is 0 Å². The maximum absolute atomic E-state index is 11.6. The number of amides is 4. The summed E-state index contributed by atoms with van der Waals surface area (Å²) in [4.78, 5) is 45.6. The molecule has 2 aromatic rings. The van der Waals surface area contributed by atoms with Gasteiger partial charge in [0.2, 0.25) is 0 Å². The summed E-state index contributed by atoms with van der Waals surface area (Å²) in [5.74, 6) is 1.73. The lowest BCUT2D eigenvalue weighted by molar-refractivity contribution is -0.124. The number of hydrogen-bond acceptors (Lipinski definition) is 8. The minimum atomic E-state index is -0.776. The summed E-state index contributed by atoms with van der Waals surface area (Å²) in [5, 5.41) is 4.27. The van der Waals surface area contributed by atoms with Gasteiger partial charge in [-0.1, -0.05) is 24.3 Å². The first-order valence-corrected chi connectivity index (χ1v) is 12.9. The molecule has 2 heterocycles. The molecule has 2 saturated heterocycles. The van der Waals surface area contributed by atoms with Crippen molar-refractivity contribution < 1.29 is 38.1 Å². The third kappa shape index (κ3) is 6.62. The molecule has 0 spiro atoms. The van der Waals surface area contributed by atoms with Gasteiger partial charge in [0, 0.05) is 12.8 Å². The van der Waals surface area contributed by atoms with Crippen molar-refractivity contribution in [3.63, 3.8) is 0 Å². The lowest BCUT2D eigenvalue weighted by Gasteiger charge is -2.28. The van der Waals surface area contributed by atoms with Gasteiger partial charge in [-0.05, 0) is 72.9 Å². The molecule has 2 atom stereocenters. The second-order valence-electron chi connectivity index (χ2n) is 9.97. The van der Waals surface area contributed by atoms with Gasteiger partial charge in [0.05, 0.1) is 13.2 Å². The van der Waals surface area contributed by atoms with Crippen molar-refractivity contribution in [1.29, 1.82) is 0 Å². The molecule has 3 aliphatic rings. The fourth-order valence-corrected chi connectivity index (χ4v) is 4.92. The molecule has 2 aromatic carbocycles. The van der Waals surface area contributed by atoms with Gasteiger partial charge in [0.1, 0.15) is 11.5 Å². The highest BCUT2D eigenvalue weighted by atomic mass is 16.6. The first-order chi connectivity index (χ1) is 18.4. The van der Waals surface area contributed by atoms with Crippen LogP contribution < -0.4 is 20.1 Å². The molecule has 2 unspecified atom stereocenters. The Morgan fingerprint density at radius 2 is 0.974 bits per heavy atom. The average Bonchev–Trinajstić information content (AvgIpc) is 3.41. The molecule has 10 heteroatoms. The number of imide groups is 2. The standard InChI is InChI=1S/C28H30N2O8/c31-25-23(37-27(33)29-25)13-17-5-9-21(10-6-17)35-15-19-1-2-20(4-3-19)16-36-22-11-7-18(8-12-22)14-24-26(32)30-28(34)38-24/h5-12,19-20,23-24H,1-4,13-16H2,(H,29,31,33)(H,30,32,34)/t19-,20-,23?,24?. The van der Waals surface area contributed by atoms with E-state index in [1.165, 1.54) is 0 Å². The van der Waals surface area contributed by atoms with Gasteiger partial charge >= 0.3 is 12.2 Å². The van der Waals surface area contributed by atoms with Crippen LogP contribution in [-0.4, -0.2) is 49.4 Å². The molecule has 0 bridgehead atoms. The smallest absolute Gasteiger partial charge is 0.414 e. The second-order valence-corrected chi connectivity index (χ2v) is 9.97. The van der Waals surface area contributed by atoms with Crippen LogP contribution in [-0.2, 0) is 31.9 Å². The lowest BCUT2D eigenvalue weighted by atomic mass is 9.83.